The Hall–Kier alpha value is -9.40. The summed E-state index contributed by atoms with van der Waals surface area (Å²) >= 11 is 0. The van der Waals surface area contributed by atoms with Crippen molar-refractivity contribution < 1.29 is 0 Å². The monoisotopic (exact) mass is 874 g/mol. The molecule has 322 valence electrons. The van der Waals surface area contributed by atoms with Gasteiger partial charge in [-0.15, -0.1) is 20.4 Å². The third-order valence-corrected chi connectivity index (χ3v) is 12.3. The van der Waals surface area contributed by atoms with Crippen LogP contribution in [0.3, 0.4) is 0 Å². The minimum Gasteiger partial charge on any atom is -0.310 e. The number of hydrogen-bond acceptors (Lipinski definition) is 6. The number of anilines is 6. The molecule has 12 aromatic rings. The van der Waals surface area contributed by atoms with Crippen molar-refractivity contribution in [2.24, 2.45) is 0 Å². The molecule has 0 amide bonds. The Morgan fingerprint density at radius 1 is 0.221 bits per heavy atom. The zero-order valence-electron chi connectivity index (χ0n) is 36.8. The van der Waals surface area contributed by atoms with E-state index in [1.807, 2.05) is 60.7 Å². The maximum absolute atomic E-state index is 4.93. The molecule has 0 aliphatic rings. The molecule has 12 rings (SSSR count). The van der Waals surface area contributed by atoms with Crippen molar-refractivity contribution in [1.82, 2.24) is 30.0 Å². The van der Waals surface area contributed by atoms with Crippen molar-refractivity contribution >= 4 is 56.2 Å². The fourth-order valence-corrected chi connectivity index (χ4v) is 8.80. The summed E-state index contributed by atoms with van der Waals surface area (Å²) in [4.78, 5) is 7.93. The summed E-state index contributed by atoms with van der Waals surface area (Å²) in [6.45, 7) is 0. The molecule has 0 N–H and O–H groups in total. The summed E-state index contributed by atoms with van der Waals surface area (Å²) in [6, 6.07) is 88.5. The van der Waals surface area contributed by atoms with Crippen molar-refractivity contribution in [2.75, 3.05) is 9.80 Å². The molecular formula is C60H42N8. The van der Waals surface area contributed by atoms with Gasteiger partial charge in [-0.3, -0.25) is 0 Å². The number of rotatable bonds is 11. The van der Waals surface area contributed by atoms with Gasteiger partial charge >= 0.3 is 0 Å². The molecule has 68 heavy (non-hydrogen) atoms. The highest BCUT2D eigenvalue weighted by atomic mass is 15.5. The van der Waals surface area contributed by atoms with E-state index in [1.54, 1.807) is 9.59 Å². The van der Waals surface area contributed by atoms with Crippen LogP contribution < -0.4 is 9.80 Å². The lowest BCUT2D eigenvalue weighted by atomic mass is 9.99. The molecule has 0 atom stereocenters. The first kappa shape index (κ1) is 40.1. The number of aromatic nitrogens is 6. The van der Waals surface area contributed by atoms with Crippen LogP contribution in [-0.4, -0.2) is 30.0 Å². The van der Waals surface area contributed by atoms with E-state index in [0.29, 0.717) is 0 Å². The molecule has 8 heteroatoms. The average molecular weight is 875 g/mol. The molecule has 0 bridgehead atoms. The quantitative estimate of drug-likeness (QED) is 0.129. The Labute approximate surface area is 393 Å². The molecule has 10 aromatic carbocycles. The zero-order valence-corrected chi connectivity index (χ0v) is 36.8. The first-order chi connectivity index (χ1) is 33.7. The first-order valence-electron chi connectivity index (χ1n) is 22.6. The van der Waals surface area contributed by atoms with E-state index in [-0.39, 0.29) is 0 Å². The van der Waals surface area contributed by atoms with Gasteiger partial charge < -0.3 is 9.80 Å². The van der Waals surface area contributed by atoms with Gasteiger partial charge in [-0.05, 0) is 143 Å². The molecule has 0 spiro atoms. The SMILES string of the molecule is c1ccc(-c2ccc(-n3nc4ccc(N(c5ccccc5)c5ccc(-c6ccc(-c7ccc(N(c8ccccc8)c8ccc9nn(-c%10ccccc%10)nc9c8)cc7)cc6)cc5)cc4n3)cc2)cc1. The molecule has 0 aliphatic carbocycles. The molecule has 2 heterocycles. The standard InChI is InChI=1S/C60H42N8/c1-5-13-43(14-6-1)46-29-35-54(36-30-46)68-62-58-40-38-56(42-60(58)64-68)66(50-17-9-3-10-18-50)52-33-27-48(28-34-52)45-23-21-44(22-24-45)47-25-31-51(32-26-47)65(49-15-7-2-8-16-49)55-37-39-57-59(41-55)63-67(61-57)53-19-11-4-12-20-53/h1-42H. The predicted octanol–water partition coefficient (Wildman–Crippen LogP) is 15.1. The fraction of sp³-hybridized carbons (Fsp3) is 0. The van der Waals surface area contributed by atoms with Crippen LogP contribution in [0.15, 0.2) is 255 Å². The molecule has 0 saturated carbocycles. The van der Waals surface area contributed by atoms with Gasteiger partial charge in [0.2, 0.25) is 0 Å². The van der Waals surface area contributed by atoms with E-state index in [1.165, 1.54) is 5.56 Å². The third-order valence-electron chi connectivity index (χ3n) is 12.3. The highest BCUT2D eigenvalue weighted by molar-refractivity contribution is 5.87. The molecule has 0 fully saturated rings. The summed E-state index contributed by atoms with van der Waals surface area (Å²) in [5.74, 6) is 0. The van der Waals surface area contributed by atoms with Crippen LogP contribution in [0.5, 0.6) is 0 Å². The van der Waals surface area contributed by atoms with Crippen molar-refractivity contribution in [3.63, 3.8) is 0 Å². The minimum absolute atomic E-state index is 0.818. The number of fused-ring (bicyclic) bond motifs is 2. The maximum atomic E-state index is 4.93. The first-order valence-corrected chi connectivity index (χ1v) is 22.6. The Balaban J connectivity index is 0.787. The number of nitrogens with zero attached hydrogens (tertiary/aromatic N) is 8. The van der Waals surface area contributed by atoms with Gasteiger partial charge in [-0.1, -0.05) is 146 Å². The Morgan fingerprint density at radius 3 is 0.912 bits per heavy atom. The van der Waals surface area contributed by atoms with Gasteiger partial charge in [0.25, 0.3) is 0 Å². The van der Waals surface area contributed by atoms with Gasteiger partial charge in [-0.25, -0.2) is 0 Å². The number of para-hydroxylation sites is 3. The van der Waals surface area contributed by atoms with Gasteiger partial charge in [0.15, 0.2) is 0 Å². The van der Waals surface area contributed by atoms with Gasteiger partial charge in [0.05, 0.1) is 11.4 Å². The molecule has 2 aromatic heterocycles. The van der Waals surface area contributed by atoms with Crippen LogP contribution in [0.25, 0.3) is 66.8 Å². The van der Waals surface area contributed by atoms with Crippen molar-refractivity contribution in [2.45, 2.75) is 0 Å². The second kappa shape index (κ2) is 17.5. The van der Waals surface area contributed by atoms with Crippen molar-refractivity contribution in [3.05, 3.63) is 255 Å². The minimum atomic E-state index is 0.818. The summed E-state index contributed by atoms with van der Waals surface area (Å²) in [5, 5.41) is 19.3. The van der Waals surface area contributed by atoms with Crippen LogP contribution in [0.4, 0.5) is 34.1 Å². The largest absolute Gasteiger partial charge is 0.310 e. The normalized spacial score (nSPS) is 11.2. The van der Waals surface area contributed by atoms with Crippen LogP contribution >= 0.6 is 0 Å². The van der Waals surface area contributed by atoms with Crippen molar-refractivity contribution in [3.8, 4) is 44.8 Å². The highest BCUT2D eigenvalue weighted by Gasteiger charge is 2.17. The van der Waals surface area contributed by atoms with E-state index >= 15 is 0 Å². The predicted molar refractivity (Wildman–Crippen MR) is 277 cm³/mol. The summed E-state index contributed by atoms with van der Waals surface area (Å²) in [5.41, 5.74) is 18.3. The second-order valence-electron chi connectivity index (χ2n) is 16.6. The third kappa shape index (κ3) is 7.92. The van der Waals surface area contributed by atoms with Crippen LogP contribution in [0.1, 0.15) is 0 Å². The zero-order chi connectivity index (χ0) is 45.2. The highest BCUT2D eigenvalue weighted by Crippen LogP contribution is 2.39. The lowest BCUT2D eigenvalue weighted by Crippen LogP contribution is -2.09. The molecule has 8 nitrogen and oxygen atoms in total. The van der Waals surface area contributed by atoms with Gasteiger partial charge in [-0.2, -0.15) is 9.59 Å². The molecule has 0 aliphatic heterocycles. The number of benzene rings is 10. The molecular weight excluding hydrogens is 833 g/mol. The fourth-order valence-electron chi connectivity index (χ4n) is 8.80. The average Bonchev–Trinajstić information content (AvgIpc) is 4.05. The van der Waals surface area contributed by atoms with Gasteiger partial charge in [0.1, 0.15) is 22.1 Å². The maximum Gasteiger partial charge on any atom is 0.115 e. The smallest absolute Gasteiger partial charge is 0.115 e. The van der Waals surface area contributed by atoms with Crippen LogP contribution in [0.2, 0.25) is 0 Å². The van der Waals surface area contributed by atoms with Crippen LogP contribution in [-0.2, 0) is 0 Å². The molecule has 0 radical (unpaired) electrons. The molecule has 0 saturated heterocycles. The van der Waals surface area contributed by atoms with Gasteiger partial charge in [0, 0.05) is 34.1 Å². The lowest BCUT2D eigenvalue weighted by Gasteiger charge is -2.25. The Morgan fingerprint density at radius 2 is 0.500 bits per heavy atom. The summed E-state index contributed by atoms with van der Waals surface area (Å²) in [7, 11) is 0. The molecule has 0 unspecified atom stereocenters. The van der Waals surface area contributed by atoms with E-state index in [0.717, 1.165) is 95.4 Å². The topological polar surface area (TPSA) is 67.9 Å². The second-order valence-corrected chi connectivity index (χ2v) is 16.6. The van der Waals surface area contributed by atoms with E-state index in [4.69, 9.17) is 20.4 Å². The van der Waals surface area contributed by atoms with Crippen LogP contribution in [0, 0.1) is 0 Å². The van der Waals surface area contributed by atoms with E-state index < -0.39 is 0 Å². The van der Waals surface area contributed by atoms with Crippen molar-refractivity contribution in [1.29, 1.82) is 0 Å². The Bertz CT molecular complexity index is 3630. The lowest BCUT2D eigenvalue weighted by molar-refractivity contribution is 0.766. The number of hydrogen-bond donors (Lipinski definition) is 0. The summed E-state index contributed by atoms with van der Waals surface area (Å²) in [6.07, 6.45) is 0. The van der Waals surface area contributed by atoms with E-state index in [9.17, 15) is 0 Å². The Kier molecular flexibility index (Phi) is 10.3. The summed E-state index contributed by atoms with van der Waals surface area (Å²) < 4.78 is 0. The van der Waals surface area contributed by atoms with E-state index in [2.05, 4.69) is 204 Å².